The molecule has 1 aromatic carbocycles. The van der Waals surface area contributed by atoms with Crippen LogP contribution < -0.4 is 11.1 Å². The second kappa shape index (κ2) is 5.30. The van der Waals surface area contributed by atoms with Gasteiger partial charge in [0, 0.05) is 53.2 Å². The molecule has 0 bridgehead atoms. The Kier molecular flexibility index (Phi) is 3.35. The van der Waals surface area contributed by atoms with Crippen LogP contribution in [0.5, 0.6) is 0 Å². The third-order valence-corrected chi connectivity index (χ3v) is 3.13. The fourth-order valence-corrected chi connectivity index (χ4v) is 2.12. The Balaban J connectivity index is 1.87. The van der Waals surface area contributed by atoms with Gasteiger partial charge in [-0.1, -0.05) is 18.2 Å². The number of nitrogens with two attached hydrogens (primary N) is 1. The van der Waals surface area contributed by atoms with Gasteiger partial charge in [-0.25, -0.2) is 9.97 Å². The predicted octanol–water partition coefficient (Wildman–Crippen LogP) is 2.38. The van der Waals surface area contributed by atoms with Gasteiger partial charge in [-0.15, -0.1) is 0 Å². The lowest BCUT2D eigenvalue weighted by Crippen LogP contribution is -2.25. The van der Waals surface area contributed by atoms with Crippen molar-refractivity contribution in [2.24, 2.45) is 5.73 Å². The number of aromatic amines is 1. The van der Waals surface area contributed by atoms with E-state index >= 15 is 0 Å². The first-order valence-corrected chi connectivity index (χ1v) is 6.62. The monoisotopic (exact) mass is 267 g/mol. The maximum atomic E-state index is 5.69. The molecule has 0 fully saturated rings. The minimum absolute atomic E-state index is 0.0758. The van der Waals surface area contributed by atoms with Gasteiger partial charge in [0.15, 0.2) is 0 Å². The summed E-state index contributed by atoms with van der Waals surface area (Å²) in [6.07, 6.45) is 5.64. The van der Waals surface area contributed by atoms with Crippen LogP contribution in [0.15, 0.2) is 42.9 Å². The molecule has 1 unspecified atom stereocenters. The molecule has 20 heavy (non-hydrogen) atoms. The van der Waals surface area contributed by atoms with Crippen molar-refractivity contribution in [3.05, 3.63) is 42.9 Å². The Labute approximate surface area is 117 Å². The average Bonchev–Trinajstić information content (AvgIpc) is 2.89. The number of fused-ring (bicyclic) bond motifs is 1. The van der Waals surface area contributed by atoms with Crippen LogP contribution in [0, 0.1) is 0 Å². The topological polar surface area (TPSA) is 79.6 Å². The summed E-state index contributed by atoms with van der Waals surface area (Å²) in [6, 6.07) is 8.26. The molecular formula is C15H17N5. The van der Waals surface area contributed by atoms with E-state index in [1.807, 2.05) is 37.6 Å². The molecule has 0 spiro atoms. The van der Waals surface area contributed by atoms with Gasteiger partial charge in [0.05, 0.1) is 0 Å². The molecule has 0 radical (unpaired) electrons. The highest BCUT2D eigenvalue weighted by Gasteiger charge is 2.06. The van der Waals surface area contributed by atoms with Crippen LogP contribution >= 0.6 is 0 Å². The van der Waals surface area contributed by atoms with E-state index in [2.05, 4.69) is 32.4 Å². The lowest BCUT2D eigenvalue weighted by Gasteiger charge is -2.07. The smallest absolute Gasteiger partial charge is 0.222 e. The van der Waals surface area contributed by atoms with Crippen molar-refractivity contribution in [3.8, 4) is 11.1 Å². The average molecular weight is 267 g/mol. The Morgan fingerprint density at radius 2 is 2.00 bits per heavy atom. The zero-order chi connectivity index (χ0) is 13.9. The summed E-state index contributed by atoms with van der Waals surface area (Å²) in [5, 5.41) is 4.27. The quantitative estimate of drug-likeness (QED) is 0.678. The molecule has 5 nitrogen and oxygen atoms in total. The standard InChI is InChI=1S/C15H17N5/c1-10(16)6-18-15-19-7-11(8-20-15)13-9-17-14-5-3-2-4-12(13)14/h2-5,7-10,17H,6,16H2,1H3,(H,18,19,20). The van der Waals surface area contributed by atoms with Crippen LogP contribution in [-0.4, -0.2) is 27.5 Å². The van der Waals surface area contributed by atoms with Gasteiger partial charge in [0.2, 0.25) is 5.95 Å². The van der Waals surface area contributed by atoms with Crippen molar-refractivity contribution >= 4 is 16.9 Å². The minimum atomic E-state index is 0.0758. The molecule has 5 heteroatoms. The minimum Gasteiger partial charge on any atom is -0.361 e. The van der Waals surface area contributed by atoms with Gasteiger partial charge < -0.3 is 16.0 Å². The summed E-state index contributed by atoms with van der Waals surface area (Å²) >= 11 is 0. The molecule has 0 amide bonds. The van der Waals surface area contributed by atoms with Gasteiger partial charge in [0.1, 0.15) is 0 Å². The molecule has 1 atom stereocenters. The summed E-state index contributed by atoms with van der Waals surface area (Å²) in [5.41, 5.74) is 8.90. The number of para-hydroxylation sites is 1. The third-order valence-electron chi connectivity index (χ3n) is 3.13. The van der Waals surface area contributed by atoms with Crippen LogP contribution in [0.4, 0.5) is 5.95 Å². The zero-order valence-corrected chi connectivity index (χ0v) is 11.3. The zero-order valence-electron chi connectivity index (χ0n) is 11.3. The third kappa shape index (κ3) is 2.48. The highest BCUT2D eigenvalue weighted by Crippen LogP contribution is 2.27. The van der Waals surface area contributed by atoms with Gasteiger partial charge in [-0.2, -0.15) is 0 Å². The largest absolute Gasteiger partial charge is 0.361 e. The van der Waals surface area contributed by atoms with E-state index in [1.165, 1.54) is 5.39 Å². The first-order valence-electron chi connectivity index (χ1n) is 6.62. The number of H-pyrrole nitrogens is 1. The van der Waals surface area contributed by atoms with Crippen LogP contribution in [0.2, 0.25) is 0 Å². The Hall–Kier alpha value is -2.40. The van der Waals surface area contributed by atoms with E-state index in [0.29, 0.717) is 12.5 Å². The lowest BCUT2D eigenvalue weighted by molar-refractivity contribution is 0.773. The number of nitrogens with one attached hydrogen (secondary N) is 2. The van der Waals surface area contributed by atoms with Crippen molar-refractivity contribution in [1.29, 1.82) is 0 Å². The number of hydrogen-bond donors (Lipinski definition) is 3. The van der Waals surface area contributed by atoms with Crippen molar-refractivity contribution in [2.75, 3.05) is 11.9 Å². The van der Waals surface area contributed by atoms with E-state index in [9.17, 15) is 0 Å². The molecule has 2 heterocycles. The molecule has 0 aliphatic carbocycles. The molecule has 4 N–H and O–H groups in total. The molecular weight excluding hydrogens is 250 g/mol. The molecule has 0 aliphatic rings. The predicted molar refractivity (Wildman–Crippen MR) is 81.5 cm³/mol. The normalized spacial score (nSPS) is 12.5. The van der Waals surface area contributed by atoms with Crippen LogP contribution in [0.25, 0.3) is 22.0 Å². The number of nitrogens with zero attached hydrogens (tertiary/aromatic N) is 2. The van der Waals surface area contributed by atoms with Crippen LogP contribution in [0.3, 0.4) is 0 Å². The summed E-state index contributed by atoms with van der Waals surface area (Å²) in [5.74, 6) is 0.603. The van der Waals surface area contributed by atoms with Crippen molar-refractivity contribution < 1.29 is 0 Å². The van der Waals surface area contributed by atoms with E-state index in [4.69, 9.17) is 5.73 Å². The van der Waals surface area contributed by atoms with E-state index < -0.39 is 0 Å². The van der Waals surface area contributed by atoms with Crippen molar-refractivity contribution in [2.45, 2.75) is 13.0 Å². The highest BCUT2D eigenvalue weighted by atomic mass is 15.1. The molecule has 3 rings (SSSR count). The number of anilines is 1. The molecule has 102 valence electrons. The number of rotatable bonds is 4. The van der Waals surface area contributed by atoms with E-state index in [0.717, 1.165) is 16.6 Å². The Morgan fingerprint density at radius 1 is 1.25 bits per heavy atom. The molecule has 0 saturated heterocycles. The van der Waals surface area contributed by atoms with Gasteiger partial charge in [-0.05, 0) is 13.0 Å². The first kappa shape index (κ1) is 12.6. The highest BCUT2D eigenvalue weighted by molar-refractivity contribution is 5.95. The summed E-state index contributed by atoms with van der Waals surface area (Å²) in [7, 11) is 0. The first-order chi connectivity index (χ1) is 9.74. The summed E-state index contributed by atoms with van der Waals surface area (Å²) < 4.78 is 0. The van der Waals surface area contributed by atoms with Gasteiger partial charge in [0.25, 0.3) is 0 Å². The van der Waals surface area contributed by atoms with Crippen molar-refractivity contribution in [1.82, 2.24) is 15.0 Å². The molecule has 3 aromatic rings. The Bertz CT molecular complexity index is 700. The number of benzene rings is 1. The molecule has 2 aromatic heterocycles. The number of aromatic nitrogens is 3. The van der Waals surface area contributed by atoms with E-state index in [1.54, 1.807) is 0 Å². The summed E-state index contributed by atoms with van der Waals surface area (Å²) in [6.45, 7) is 2.60. The fourth-order valence-electron chi connectivity index (χ4n) is 2.12. The SMILES string of the molecule is CC(N)CNc1ncc(-c2c[nH]c3ccccc23)cn1. The second-order valence-electron chi connectivity index (χ2n) is 4.90. The van der Waals surface area contributed by atoms with Crippen LogP contribution in [0.1, 0.15) is 6.92 Å². The second-order valence-corrected chi connectivity index (χ2v) is 4.90. The maximum absolute atomic E-state index is 5.69. The Morgan fingerprint density at radius 3 is 2.75 bits per heavy atom. The molecule has 0 saturated carbocycles. The lowest BCUT2D eigenvalue weighted by atomic mass is 10.1. The number of hydrogen-bond acceptors (Lipinski definition) is 4. The summed E-state index contributed by atoms with van der Waals surface area (Å²) in [4.78, 5) is 11.9. The van der Waals surface area contributed by atoms with E-state index in [-0.39, 0.29) is 6.04 Å². The maximum Gasteiger partial charge on any atom is 0.222 e. The van der Waals surface area contributed by atoms with Gasteiger partial charge >= 0.3 is 0 Å². The fraction of sp³-hybridized carbons (Fsp3) is 0.200. The molecule has 0 aliphatic heterocycles. The van der Waals surface area contributed by atoms with Crippen LogP contribution in [-0.2, 0) is 0 Å². The van der Waals surface area contributed by atoms with Crippen molar-refractivity contribution in [3.63, 3.8) is 0 Å². The van der Waals surface area contributed by atoms with Gasteiger partial charge in [-0.3, -0.25) is 0 Å².